The van der Waals surface area contributed by atoms with E-state index in [-0.39, 0.29) is 5.92 Å². The zero-order valence-corrected chi connectivity index (χ0v) is 12.0. The Labute approximate surface area is 120 Å². The van der Waals surface area contributed by atoms with Gasteiger partial charge >= 0.3 is 0 Å². The van der Waals surface area contributed by atoms with Crippen molar-refractivity contribution in [3.8, 4) is 0 Å². The van der Waals surface area contributed by atoms with E-state index in [4.69, 9.17) is 11.6 Å². The Balaban J connectivity index is 2.22. The molecule has 1 unspecified atom stereocenters. The normalized spacial score (nSPS) is 12.1. The maximum absolute atomic E-state index is 11.3. The van der Waals surface area contributed by atoms with E-state index in [0.717, 1.165) is 21.9 Å². The van der Waals surface area contributed by atoms with E-state index in [1.807, 2.05) is 48.5 Å². The van der Waals surface area contributed by atoms with Crippen molar-refractivity contribution in [2.45, 2.75) is 12.3 Å². The summed E-state index contributed by atoms with van der Waals surface area (Å²) in [5.41, 5.74) is 2.12. The summed E-state index contributed by atoms with van der Waals surface area (Å²) < 4.78 is 0.969. The Kier molecular flexibility index (Phi) is 4.56. The van der Waals surface area contributed by atoms with Crippen LogP contribution in [-0.2, 0) is 11.2 Å². The summed E-state index contributed by atoms with van der Waals surface area (Å²) >= 11 is 9.33. The van der Waals surface area contributed by atoms with E-state index in [9.17, 15) is 4.79 Å². The molecule has 0 spiro atoms. The number of aldehydes is 1. The van der Waals surface area contributed by atoms with Gasteiger partial charge in [0.1, 0.15) is 6.29 Å². The van der Waals surface area contributed by atoms with Crippen molar-refractivity contribution in [2.75, 3.05) is 0 Å². The molecule has 0 fully saturated rings. The molecule has 0 aliphatic heterocycles. The number of hydrogen-bond donors (Lipinski definition) is 0. The lowest BCUT2D eigenvalue weighted by Gasteiger charge is -2.12. The molecule has 2 rings (SSSR count). The smallest absolute Gasteiger partial charge is 0.127 e. The van der Waals surface area contributed by atoms with Gasteiger partial charge in [0.25, 0.3) is 0 Å². The van der Waals surface area contributed by atoms with Crippen molar-refractivity contribution >= 4 is 33.8 Å². The van der Waals surface area contributed by atoms with E-state index in [2.05, 4.69) is 15.9 Å². The molecule has 0 saturated heterocycles. The summed E-state index contributed by atoms with van der Waals surface area (Å²) in [6.45, 7) is 0. The maximum atomic E-state index is 11.3. The fourth-order valence-electron chi connectivity index (χ4n) is 1.88. The molecule has 0 saturated carbocycles. The third kappa shape index (κ3) is 3.21. The molecule has 0 N–H and O–H groups in total. The molecule has 0 amide bonds. The van der Waals surface area contributed by atoms with Crippen molar-refractivity contribution in [3.63, 3.8) is 0 Å². The standard InChI is InChI=1S/C15H12BrClO/c16-15-4-2-1-3-14(15)12(10-18)9-11-5-7-13(17)8-6-11/h1-8,10,12H,9H2. The van der Waals surface area contributed by atoms with Gasteiger partial charge in [-0.2, -0.15) is 0 Å². The van der Waals surface area contributed by atoms with Crippen LogP contribution < -0.4 is 0 Å². The van der Waals surface area contributed by atoms with Crippen molar-refractivity contribution in [1.29, 1.82) is 0 Å². The largest absolute Gasteiger partial charge is 0.303 e. The van der Waals surface area contributed by atoms with Crippen LogP contribution in [0.4, 0.5) is 0 Å². The molecule has 0 aliphatic carbocycles. The zero-order chi connectivity index (χ0) is 13.0. The Morgan fingerprint density at radius 2 is 1.78 bits per heavy atom. The number of hydrogen-bond acceptors (Lipinski definition) is 1. The molecule has 92 valence electrons. The third-order valence-corrected chi connectivity index (χ3v) is 3.81. The molecule has 0 aromatic heterocycles. The summed E-state index contributed by atoms with van der Waals surface area (Å²) in [5, 5.41) is 0.710. The van der Waals surface area contributed by atoms with Crippen LogP contribution >= 0.6 is 27.5 Å². The van der Waals surface area contributed by atoms with E-state index in [0.29, 0.717) is 11.4 Å². The van der Waals surface area contributed by atoms with Crippen LogP contribution in [0, 0.1) is 0 Å². The molecular weight excluding hydrogens is 312 g/mol. The van der Waals surface area contributed by atoms with Gasteiger partial charge in [-0.1, -0.05) is 57.9 Å². The molecule has 0 aliphatic rings. The molecule has 1 nitrogen and oxygen atoms in total. The van der Waals surface area contributed by atoms with Gasteiger partial charge in [-0.25, -0.2) is 0 Å². The highest BCUT2D eigenvalue weighted by Gasteiger charge is 2.13. The van der Waals surface area contributed by atoms with Crippen molar-refractivity contribution in [2.24, 2.45) is 0 Å². The molecule has 1 atom stereocenters. The fraction of sp³-hybridized carbons (Fsp3) is 0.133. The molecule has 0 heterocycles. The lowest BCUT2D eigenvalue weighted by molar-refractivity contribution is -0.109. The van der Waals surface area contributed by atoms with E-state index in [1.54, 1.807) is 0 Å². The van der Waals surface area contributed by atoms with Gasteiger partial charge in [-0.15, -0.1) is 0 Å². The Bertz CT molecular complexity index is 536. The first-order valence-electron chi connectivity index (χ1n) is 5.65. The maximum Gasteiger partial charge on any atom is 0.127 e. The van der Waals surface area contributed by atoms with Crippen molar-refractivity contribution in [3.05, 3.63) is 69.2 Å². The topological polar surface area (TPSA) is 17.1 Å². The lowest BCUT2D eigenvalue weighted by atomic mass is 9.93. The van der Waals surface area contributed by atoms with Crippen LogP contribution in [0.2, 0.25) is 5.02 Å². The molecule has 18 heavy (non-hydrogen) atoms. The van der Waals surface area contributed by atoms with Crippen LogP contribution in [0.3, 0.4) is 0 Å². The van der Waals surface area contributed by atoms with Gasteiger partial charge in [0.15, 0.2) is 0 Å². The van der Waals surface area contributed by atoms with Crippen LogP contribution in [0.15, 0.2) is 53.0 Å². The van der Waals surface area contributed by atoms with Gasteiger partial charge in [0.2, 0.25) is 0 Å². The van der Waals surface area contributed by atoms with Gasteiger partial charge in [-0.3, -0.25) is 0 Å². The highest BCUT2D eigenvalue weighted by atomic mass is 79.9. The van der Waals surface area contributed by atoms with Gasteiger partial charge in [-0.05, 0) is 35.7 Å². The number of halogens is 2. The van der Waals surface area contributed by atoms with Crippen molar-refractivity contribution < 1.29 is 4.79 Å². The number of benzene rings is 2. The Hall–Kier alpha value is -1.12. The third-order valence-electron chi connectivity index (χ3n) is 2.84. The first kappa shape index (κ1) is 13.3. The minimum Gasteiger partial charge on any atom is -0.303 e. The van der Waals surface area contributed by atoms with Crippen LogP contribution in [-0.4, -0.2) is 6.29 Å². The van der Waals surface area contributed by atoms with E-state index in [1.165, 1.54) is 0 Å². The van der Waals surface area contributed by atoms with Crippen LogP contribution in [0.1, 0.15) is 17.0 Å². The second-order valence-corrected chi connectivity index (χ2v) is 5.39. The highest BCUT2D eigenvalue weighted by molar-refractivity contribution is 9.10. The molecular formula is C15H12BrClO. The Morgan fingerprint density at radius 1 is 1.11 bits per heavy atom. The summed E-state index contributed by atoms with van der Waals surface area (Å²) in [7, 11) is 0. The minimum atomic E-state index is -0.137. The second kappa shape index (κ2) is 6.17. The first-order valence-corrected chi connectivity index (χ1v) is 6.82. The molecule has 3 heteroatoms. The average Bonchev–Trinajstić information content (AvgIpc) is 2.39. The monoisotopic (exact) mass is 322 g/mol. The fourth-order valence-corrected chi connectivity index (χ4v) is 2.59. The molecule has 0 radical (unpaired) electrons. The quantitative estimate of drug-likeness (QED) is 0.750. The van der Waals surface area contributed by atoms with Gasteiger partial charge < -0.3 is 4.79 Å². The summed E-state index contributed by atoms with van der Waals surface area (Å²) in [6, 6.07) is 15.4. The van der Waals surface area contributed by atoms with Gasteiger partial charge in [0.05, 0.1) is 0 Å². The first-order chi connectivity index (χ1) is 8.70. The average molecular weight is 324 g/mol. The highest BCUT2D eigenvalue weighted by Crippen LogP contribution is 2.26. The van der Waals surface area contributed by atoms with Gasteiger partial charge in [0, 0.05) is 15.4 Å². The van der Waals surface area contributed by atoms with E-state index >= 15 is 0 Å². The summed E-state index contributed by atoms with van der Waals surface area (Å²) in [4.78, 5) is 11.3. The summed E-state index contributed by atoms with van der Waals surface area (Å²) in [6.07, 6.45) is 1.68. The minimum absolute atomic E-state index is 0.137. The molecule has 0 bridgehead atoms. The summed E-state index contributed by atoms with van der Waals surface area (Å²) in [5.74, 6) is -0.137. The van der Waals surface area contributed by atoms with Crippen LogP contribution in [0.25, 0.3) is 0 Å². The predicted molar refractivity (Wildman–Crippen MR) is 78.1 cm³/mol. The lowest BCUT2D eigenvalue weighted by Crippen LogP contribution is -2.05. The second-order valence-electron chi connectivity index (χ2n) is 4.09. The SMILES string of the molecule is O=CC(Cc1ccc(Cl)cc1)c1ccccc1Br. The van der Waals surface area contributed by atoms with Crippen LogP contribution in [0.5, 0.6) is 0 Å². The van der Waals surface area contributed by atoms with E-state index < -0.39 is 0 Å². The predicted octanol–water partition coefficient (Wildman–Crippen LogP) is 4.63. The number of carbonyl (C=O) groups is 1. The zero-order valence-electron chi connectivity index (χ0n) is 9.64. The number of carbonyl (C=O) groups excluding carboxylic acids is 1. The Morgan fingerprint density at radius 3 is 2.39 bits per heavy atom. The number of rotatable bonds is 4. The molecule has 2 aromatic rings. The van der Waals surface area contributed by atoms with Crippen molar-refractivity contribution in [1.82, 2.24) is 0 Å². The molecule has 2 aromatic carbocycles.